The molecule has 1 N–H and O–H groups in total. The van der Waals surface area contributed by atoms with E-state index in [2.05, 4.69) is 11.9 Å². The van der Waals surface area contributed by atoms with Crippen LogP contribution in [0.3, 0.4) is 0 Å². The average molecular weight is 343 g/mol. The smallest absolute Gasteiger partial charge is 0.318 e. The quantitative estimate of drug-likeness (QED) is 0.470. The van der Waals surface area contributed by atoms with Gasteiger partial charge in [-0.25, -0.2) is 9.69 Å². The minimum absolute atomic E-state index is 0.0122. The van der Waals surface area contributed by atoms with Crippen molar-refractivity contribution in [3.8, 4) is 0 Å². The highest BCUT2D eigenvalue weighted by molar-refractivity contribution is 6.23. The molecule has 134 valence electrons. The third-order valence-electron chi connectivity index (χ3n) is 4.18. The van der Waals surface area contributed by atoms with E-state index < -0.39 is 6.04 Å². The summed E-state index contributed by atoms with van der Waals surface area (Å²) in [6, 6.07) is 6.04. The molecule has 1 saturated heterocycles. The minimum Gasteiger partial charge on any atom is -0.338 e. The lowest BCUT2D eigenvalue weighted by Gasteiger charge is -2.26. The van der Waals surface area contributed by atoms with Crippen LogP contribution in [0, 0.1) is 6.92 Å². The van der Waals surface area contributed by atoms with E-state index in [4.69, 9.17) is 0 Å². The fraction of sp³-hybridized carbons (Fsp3) is 0.421. The molecule has 25 heavy (non-hydrogen) atoms. The van der Waals surface area contributed by atoms with Crippen LogP contribution in [0.25, 0.3) is 0 Å². The SMILES string of the molecule is C=CCN(C(=O)NCCCC)[C@H]1CC(=O)N(c2ccc(C)cc2)C1=O. The monoisotopic (exact) mass is 343 g/mol. The second-order valence-electron chi connectivity index (χ2n) is 6.15. The zero-order valence-corrected chi connectivity index (χ0v) is 14.8. The Morgan fingerprint density at radius 2 is 2.04 bits per heavy atom. The first-order valence-electron chi connectivity index (χ1n) is 8.58. The summed E-state index contributed by atoms with van der Waals surface area (Å²) in [6.45, 7) is 8.37. The van der Waals surface area contributed by atoms with Gasteiger partial charge in [-0.2, -0.15) is 0 Å². The van der Waals surface area contributed by atoms with Gasteiger partial charge in [-0.3, -0.25) is 9.59 Å². The molecule has 1 aromatic carbocycles. The Hall–Kier alpha value is -2.63. The highest BCUT2D eigenvalue weighted by Gasteiger charge is 2.44. The number of amides is 4. The minimum atomic E-state index is -0.798. The maximum atomic E-state index is 12.8. The van der Waals surface area contributed by atoms with Crippen LogP contribution in [0.4, 0.5) is 10.5 Å². The van der Waals surface area contributed by atoms with Crippen molar-refractivity contribution in [2.45, 2.75) is 39.2 Å². The normalized spacial score (nSPS) is 16.9. The number of rotatable bonds is 7. The van der Waals surface area contributed by atoms with Gasteiger partial charge >= 0.3 is 6.03 Å². The van der Waals surface area contributed by atoms with Crippen molar-refractivity contribution in [1.29, 1.82) is 0 Å². The molecule has 0 saturated carbocycles. The van der Waals surface area contributed by atoms with Gasteiger partial charge in [-0.1, -0.05) is 37.1 Å². The number of carbonyl (C=O) groups excluding carboxylic acids is 3. The van der Waals surface area contributed by atoms with E-state index in [9.17, 15) is 14.4 Å². The number of urea groups is 1. The molecular formula is C19H25N3O3. The van der Waals surface area contributed by atoms with Gasteiger partial charge in [0, 0.05) is 13.1 Å². The molecule has 0 aromatic heterocycles. The summed E-state index contributed by atoms with van der Waals surface area (Å²) in [6.07, 6.45) is 3.37. The van der Waals surface area contributed by atoms with E-state index in [1.54, 1.807) is 18.2 Å². The van der Waals surface area contributed by atoms with Gasteiger partial charge < -0.3 is 10.2 Å². The second-order valence-corrected chi connectivity index (χ2v) is 6.15. The highest BCUT2D eigenvalue weighted by atomic mass is 16.2. The summed E-state index contributed by atoms with van der Waals surface area (Å²) >= 11 is 0. The molecule has 4 amide bonds. The molecule has 0 bridgehead atoms. The Balaban J connectivity index is 2.18. The zero-order chi connectivity index (χ0) is 18.4. The Morgan fingerprint density at radius 3 is 2.64 bits per heavy atom. The third-order valence-corrected chi connectivity index (χ3v) is 4.18. The van der Waals surface area contributed by atoms with Crippen LogP contribution in [-0.4, -0.2) is 41.9 Å². The molecule has 1 atom stereocenters. The van der Waals surface area contributed by atoms with Crippen molar-refractivity contribution in [1.82, 2.24) is 10.2 Å². The number of carbonyl (C=O) groups is 3. The van der Waals surface area contributed by atoms with Gasteiger partial charge in [-0.15, -0.1) is 6.58 Å². The number of hydrogen-bond donors (Lipinski definition) is 1. The summed E-state index contributed by atoms with van der Waals surface area (Å²) in [7, 11) is 0. The Morgan fingerprint density at radius 1 is 1.36 bits per heavy atom. The predicted octanol–water partition coefficient (Wildman–Crippen LogP) is 2.62. The molecule has 1 aliphatic heterocycles. The van der Waals surface area contributed by atoms with Crippen molar-refractivity contribution in [3.63, 3.8) is 0 Å². The fourth-order valence-corrected chi connectivity index (χ4v) is 2.79. The van der Waals surface area contributed by atoms with Gasteiger partial charge in [0.25, 0.3) is 5.91 Å². The van der Waals surface area contributed by atoms with Gasteiger partial charge in [-0.05, 0) is 25.5 Å². The Bertz CT molecular complexity index is 654. The van der Waals surface area contributed by atoms with Gasteiger partial charge in [0.1, 0.15) is 6.04 Å². The number of hydrogen-bond acceptors (Lipinski definition) is 3. The van der Waals surface area contributed by atoms with E-state index >= 15 is 0 Å². The predicted molar refractivity (Wildman–Crippen MR) is 97.3 cm³/mol. The van der Waals surface area contributed by atoms with Crippen molar-refractivity contribution < 1.29 is 14.4 Å². The van der Waals surface area contributed by atoms with Gasteiger partial charge in [0.15, 0.2) is 0 Å². The summed E-state index contributed by atoms with van der Waals surface area (Å²) in [4.78, 5) is 40.2. The van der Waals surface area contributed by atoms with Crippen LogP contribution in [-0.2, 0) is 9.59 Å². The molecule has 1 aliphatic rings. The topological polar surface area (TPSA) is 69.7 Å². The van der Waals surface area contributed by atoms with Crippen molar-refractivity contribution in [3.05, 3.63) is 42.5 Å². The molecular weight excluding hydrogens is 318 g/mol. The summed E-state index contributed by atoms with van der Waals surface area (Å²) in [5, 5.41) is 2.80. The Kier molecular flexibility index (Phi) is 6.33. The largest absolute Gasteiger partial charge is 0.338 e. The highest BCUT2D eigenvalue weighted by Crippen LogP contribution is 2.26. The van der Waals surface area contributed by atoms with E-state index in [0.29, 0.717) is 12.2 Å². The first-order chi connectivity index (χ1) is 12.0. The van der Waals surface area contributed by atoms with E-state index in [1.807, 2.05) is 26.0 Å². The second kappa shape index (κ2) is 8.46. The van der Waals surface area contributed by atoms with E-state index in [-0.39, 0.29) is 30.8 Å². The first-order valence-corrected chi connectivity index (χ1v) is 8.58. The lowest BCUT2D eigenvalue weighted by atomic mass is 10.2. The molecule has 6 heteroatoms. The molecule has 6 nitrogen and oxygen atoms in total. The average Bonchev–Trinajstić information content (AvgIpc) is 2.88. The van der Waals surface area contributed by atoms with Crippen LogP contribution >= 0.6 is 0 Å². The molecule has 1 aromatic rings. The fourth-order valence-electron chi connectivity index (χ4n) is 2.79. The van der Waals surface area contributed by atoms with Crippen molar-refractivity contribution in [2.24, 2.45) is 0 Å². The number of nitrogens with zero attached hydrogens (tertiary/aromatic N) is 2. The first kappa shape index (κ1) is 18.7. The van der Waals surface area contributed by atoms with Crippen molar-refractivity contribution in [2.75, 3.05) is 18.0 Å². The number of aryl methyl sites for hydroxylation is 1. The molecule has 0 radical (unpaired) electrons. The molecule has 1 heterocycles. The summed E-state index contributed by atoms with van der Waals surface area (Å²) in [5.74, 6) is -0.671. The lowest BCUT2D eigenvalue weighted by molar-refractivity contribution is -0.122. The maximum absolute atomic E-state index is 12.8. The molecule has 0 spiro atoms. The van der Waals surface area contributed by atoms with Gasteiger partial charge in [0.05, 0.1) is 12.1 Å². The summed E-state index contributed by atoms with van der Waals surface area (Å²) in [5.41, 5.74) is 1.58. The van der Waals surface area contributed by atoms with Crippen LogP contribution in [0.5, 0.6) is 0 Å². The zero-order valence-electron chi connectivity index (χ0n) is 14.8. The van der Waals surface area contributed by atoms with Crippen LogP contribution in [0.2, 0.25) is 0 Å². The molecule has 1 fully saturated rings. The third kappa shape index (κ3) is 4.26. The maximum Gasteiger partial charge on any atom is 0.318 e. The summed E-state index contributed by atoms with van der Waals surface area (Å²) < 4.78 is 0. The molecule has 0 unspecified atom stereocenters. The van der Waals surface area contributed by atoms with Crippen molar-refractivity contribution >= 4 is 23.5 Å². The van der Waals surface area contributed by atoms with Crippen LogP contribution in [0.15, 0.2) is 36.9 Å². The standard InChI is InChI=1S/C19H25N3O3/c1-4-6-11-20-19(25)21(12-5-2)16-13-17(23)22(18(16)24)15-9-7-14(3)8-10-15/h5,7-10,16H,2,4,6,11-13H2,1,3H3,(H,20,25)/t16-/m0/s1. The van der Waals surface area contributed by atoms with Crippen LogP contribution in [0.1, 0.15) is 31.7 Å². The Labute approximate surface area is 148 Å². The number of imide groups is 1. The number of anilines is 1. The number of nitrogens with one attached hydrogen (secondary N) is 1. The molecule has 2 rings (SSSR count). The van der Waals surface area contributed by atoms with Crippen LogP contribution < -0.4 is 10.2 Å². The van der Waals surface area contributed by atoms with Gasteiger partial charge in [0.2, 0.25) is 5.91 Å². The number of unbranched alkanes of at least 4 members (excludes halogenated alkanes) is 1. The number of benzene rings is 1. The molecule has 0 aliphatic carbocycles. The lowest BCUT2D eigenvalue weighted by Crippen LogP contribution is -2.49. The van der Waals surface area contributed by atoms with E-state index in [1.165, 1.54) is 9.80 Å². The van der Waals surface area contributed by atoms with E-state index in [0.717, 1.165) is 18.4 Å².